The molecule has 2 amide bonds. The number of fused-ring (bicyclic) bond motifs is 1. The van der Waals surface area contributed by atoms with E-state index in [4.69, 9.17) is 11.6 Å². The minimum atomic E-state index is -3.31. The maximum absolute atomic E-state index is 12.3. The van der Waals surface area contributed by atoms with E-state index in [0.717, 1.165) is 61.0 Å². The van der Waals surface area contributed by atoms with Gasteiger partial charge in [0.25, 0.3) is 0 Å². The fraction of sp³-hybridized carbons (Fsp3) is 0.562. The van der Waals surface area contributed by atoms with Gasteiger partial charge in [0.15, 0.2) is 0 Å². The van der Waals surface area contributed by atoms with Crippen LogP contribution in [0.5, 0.6) is 0 Å². The third-order valence-corrected chi connectivity index (χ3v) is 7.86. The molecule has 0 bridgehead atoms. The number of allylic oxidation sites excluding steroid dienone is 1. The summed E-state index contributed by atoms with van der Waals surface area (Å²) >= 11 is 7.22. The van der Waals surface area contributed by atoms with Crippen molar-refractivity contribution < 1.29 is 13.6 Å². The van der Waals surface area contributed by atoms with E-state index in [1.807, 2.05) is 12.2 Å². The Kier molecular flexibility index (Phi) is 5.34. The topological polar surface area (TPSA) is 81.3 Å². The number of rotatable bonds is 3. The van der Waals surface area contributed by atoms with Crippen LogP contribution in [0.15, 0.2) is 10.3 Å². The number of hydrogen-bond donors (Lipinski definition) is 2. The Morgan fingerprint density at radius 3 is 2.75 bits per heavy atom. The average Bonchev–Trinajstić information content (AvgIpc) is 2.89. The zero-order valence-electron chi connectivity index (χ0n) is 13.5. The first-order chi connectivity index (χ1) is 11.3. The molecule has 1 fully saturated rings. The maximum Gasteiger partial charge on any atom is 0.320 e. The van der Waals surface area contributed by atoms with Gasteiger partial charge < -0.3 is 9.87 Å². The summed E-state index contributed by atoms with van der Waals surface area (Å²) in [6.07, 6.45) is 10.2. The van der Waals surface area contributed by atoms with Crippen LogP contribution >= 0.6 is 22.9 Å². The molecule has 2 N–H and O–H groups in total. The van der Waals surface area contributed by atoms with E-state index >= 15 is 0 Å². The highest BCUT2D eigenvalue weighted by molar-refractivity contribution is 7.99. The van der Waals surface area contributed by atoms with Crippen LogP contribution in [0.4, 0.5) is 9.80 Å². The number of amides is 2. The summed E-state index contributed by atoms with van der Waals surface area (Å²) in [7, 11) is -3.31. The van der Waals surface area contributed by atoms with Crippen LogP contribution in [0.1, 0.15) is 43.2 Å². The number of nitrogens with one attached hydrogen (secondary N) is 2. The van der Waals surface area contributed by atoms with Crippen LogP contribution in [0.25, 0.3) is 6.08 Å². The average molecular weight is 389 g/mol. The smallest absolute Gasteiger partial charge is 0.320 e. The van der Waals surface area contributed by atoms with Crippen molar-refractivity contribution in [1.29, 1.82) is 0 Å². The molecule has 3 rings (SSSR count). The molecule has 0 aliphatic heterocycles. The molecule has 24 heavy (non-hydrogen) atoms. The summed E-state index contributed by atoms with van der Waals surface area (Å²) in [5.74, 6) is 0. The molecule has 8 heteroatoms. The molecule has 5 nitrogen and oxygen atoms in total. The molecular weight excluding hydrogens is 368 g/mol. The Bertz CT molecular complexity index is 702. The molecule has 1 aromatic rings. The first-order valence-corrected chi connectivity index (χ1v) is 11.2. The van der Waals surface area contributed by atoms with Crippen molar-refractivity contribution in [2.45, 2.75) is 54.2 Å². The van der Waals surface area contributed by atoms with Crippen LogP contribution in [0.2, 0.25) is 0 Å². The van der Waals surface area contributed by atoms with Crippen molar-refractivity contribution in [3.8, 4) is 0 Å². The second-order valence-corrected chi connectivity index (χ2v) is 10.2. The molecule has 0 saturated heterocycles. The first-order valence-electron chi connectivity index (χ1n) is 8.08. The zero-order valence-corrected chi connectivity index (χ0v) is 15.9. The Morgan fingerprint density at radius 1 is 1.38 bits per heavy atom. The third-order valence-electron chi connectivity index (χ3n) is 4.42. The van der Waals surface area contributed by atoms with Gasteiger partial charge in [0.1, 0.15) is 11.3 Å². The number of carbonyl (C=O) groups excluding carboxylic acids is 1. The number of halogens is 1. The summed E-state index contributed by atoms with van der Waals surface area (Å²) < 4.78 is 24.3. The Morgan fingerprint density at radius 2 is 2.08 bits per heavy atom. The van der Waals surface area contributed by atoms with E-state index in [1.54, 1.807) is 0 Å². The van der Waals surface area contributed by atoms with Crippen molar-refractivity contribution in [2.24, 2.45) is 0 Å². The highest BCUT2D eigenvalue weighted by Gasteiger charge is 2.29. The lowest BCUT2D eigenvalue weighted by atomic mass is 9.95. The Hall–Kier alpha value is -0.890. The maximum atomic E-state index is 12.3. The number of thiophene rings is 1. The standard InChI is InChI=1S/C16H21ClN2O3S2/c1-24(21,22)15-13-5-3-2-4-12(13)14(23-15)19-16(20)18-11-8-6-10(17)7-9-11/h3,5,10-11H,2,4,6-9H2,1H3,(H2-,18,19,20,21,22). The molecule has 1 unspecified atom stereocenters. The summed E-state index contributed by atoms with van der Waals surface area (Å²) in [6, 6.07) is -0.142. The fourth-order valence-corrected chi connectivity index (χ4v) is 5.86. The van der Waals surface area contributed by atoms with Crippen molar-refractivity contribution in [2.75, 3.05) is 11.6 Å². The van der Waals surface area contributed by atoms with E-state index in [1.165, 1.54) is 6.26 Å². The van der Waals surface area contributed by atoms with E-state index < -0.39 is 10.2 Å². The fourth-order valence-electron chi connectivity index (χ4n) is 3.20. The van der Waals surface area contributed by atoms with Gasteiger partial charge in [-0.05, 0) is 44.1 Å². The number of alkyl halides is 1. The number of anilines is 1. The van der Waals surface area contributed by atoms with E-state index in [9.17, 15) is 13.6 Å². The second kappa shape index (κ2) is 7.15. The lowest BCUT2D eigenvalue weighted by molar-refractivity contribution is 0.244. The largest absolute Gasteiger partial charge is 0.610 e. The van der Waals surface area contributed by atoms with Crippen molar-refractivity contribution in [1.82, 2.24) is 5.32 Å². The van der Waals surface area contributed by atoms with Crippen LogP contribution in [-0.4, -0.2) is 28.3 Å². The lowest BCUT2D eigenvalue weighted by Crippen LogP contribution is -2.40. The van der Waals surface area contributed by atoms with E-state index in [2.05, 4.69) is 10.6 Å². The van der Waals surface area contributed by atoms with Crippen LogP contribution in [0, 0.1) is 0 Å². The van der Waals surface area contributed by atoms with Crippen LogP contribution in [-0.2, 0) is 20.8 Å². The molecule has 0 spiro atoms. The SMILES string of the molecule is C[S+](=O)([O-])c1sc(NC(=O)NC2CCC(Cl)CC2)c2c1C=CCC2. The monoisotopic (exact) mass is 388 g/mol. The normalized spacial score (nSPS) is 25.6. The van der Waals surface area contributed by atoms with Gasteiger partial charge in [-0.1, -0.05) is 23.5 Å². The summed E-state index contributed by atoms with van der Waals surface area (Å²) in [5, 5.41) is 6.68. The summed E-state index contributed by atoms with van der Waals surface area (Å²) in [6.45, 7) is 0. The van der Waals surface area contributed by atoms with E-state index in [0.29, 0.717) is 9.21 Å². The number of carbonyl (C=O) groups is 1. The number of urea groups is 1. The first kappa shape index (κ1) is 17.9. The van der Waals surface area contributed by atoms with E-state index in [-0.39, 0.29) is 17.5 Å². The van der Waals surface area contributed by atoms with Crippen molar-refractivity contribution >= 4 is 50.3 Å². The van der Waals surface area contributed by atoms with Gasteiger partial charge in [-0.15, -0.1) is 15.8 Å². The Labute approximate surface area is 152 Å². The van der Waals surface area contributed by atoms with Gasteiger partial charge in [-0.25, -0.2) is 4.79 Å². The highest BCUT2D eigenvalue weighted by atomic mass is 35.5. The molecule has 132 valence electrons. The molecule has 2 aliphatic rings. The molecule has 2 aliphatic carbocycles. The molecule has 1 aromatic heterocycles. The lowest BCUT2D eigenvalue weighted by Gasteiger charge is -2.25. The molecule has 1 saturated carbocycles. The minimum absolute atomic E-state index is 0.130. The van der Waals surface area contributed by atoms with Gasteiger partial charge in [-0.2, -0.15) is 0 Å². The van der Waals surface area contributed by atoms with Crippen molar-refractivity contribution in [3.05, 3.63) is 17.2 Å². The third kappa shape index (κ3) is 4.02. The number of sulfone groups is 1. The van der Waals surface area contributed by atoms with Gasteiger partial charge >= 0.3 is 6.03 Å². The molecule has 1 heterocycles. The Balaban J connectivity index is 1.73. The second-order valence-electron chi connectivity index (χ2n) is 6.37. The zero-order chi connectivity index (χ0) is 17.3. The predicted octanol–water partition coefficient (Wildman–Crippen LogP) is 4.00. The quantitative estimate of drug-likeness (QED) is 0.606. The van der Waals surface area contributed by atoms with Gasteiger partial charge in [0.2, 0.25) is 4.21 Å². The van der Waals surface area contributed by atoms with Crippen LogP contribution < -0.4 is 10.6 Å². The van der Waals surface area contributed by atoms with Crippen LogP contribution in [0.3, 0.4) is 0 Å². The predicted molar refractivity (Wildman–Crippen MR) is 98.7 cm³/mol. The molecule has 0 radical (unpaired) electrons. The highest BCUT2D eigenvalue weighted by Crippen LogP contribution is 2.41. The minimum Gasteiger partial charge on any atom is -0.610 e. The van der Waals surface area contributed by atoms with Crippen molar-refractivity contribution in [3.63, 3.8) is 0 Å². The van der Waals surface area contributed by atoms with Gasteiger partial charge in [-0.3, -0.25) is 5.32 Å². The number of hydrogen-bond acceptors (Lipinski definition) is 4. The summed E-state index contributed by atoms with van der Waals surface area (Å²) in [5.41, 5.74) is 1.65. The van der Waals surface area contributed by atoms with Gasteiger partial charge in [0.05, 0.1) is 10.2 Å². The molecular formula is C16H21ClN2O3S2. The summed E-state index contributed by atoms with van der Waals surface area (Å²) in [4.78, 5) is 12.3. The van der Waals surface area contributed by atoms with Gasteiger partial charge in [0, 0.05) is 17.0 Å². The molecule has 1 atom stereocenters. The molecule has 0 aromatic carbocycles.